The highest BCUT2D eigenvalue weighted by molar-refractivity contribution is 7.89. The SMILES string of the molecule is CCC(C)CNS(=O)(=O)c1ccc(C#N)cc1N. The first-order valence-corrected chi connectivity index (χ1v) is 7.18. The third-order valence-corrected chi connectivity index (χ3v) is 4.24. The van der Waals surface area contributed by atoms with Crippen LogP contribution >= 0.6 is 0 Å². The number of hydrogen-bond donors (Lipinski definition) is 2. The highest BCUT2D eigenvalue weighted by Crippen LogP contribution is 2.19. The van der Waals surface area contributed by atoms with Crippen LogP contribution in [0, 0.1) is 17.2 Å². The van der Waals surface area contributed by atoms with Gasteiger partial charge in [0.1, 0.15) is 4.90 Å². The van der Waals surface area contributed by atoms with Crippen LogP contribution in [0.2, 0.25) is 0 Å². The van der Waals surface area contributed by atoms with E-state index >= 15 is 0 Å². The van der Waals surface area contributed by atoms with Crippen molar-refractivity contribution in [3.63, 3.8) is 0 Å². The second kappa shape index (κ2) is 5.85. The van der Waals surface area contributed by atoms with Gasteiger partial charge < -0.3 is 5.73 Å². The molecule has 1 atom stereocenters. The summed E-state index contributed by atoms with van der Waals surface area (Å²) in [5, 5.41) is 8.69. The van der Waals surface area contributed by atoms with Gasteiger partial charge >= 0.3 is 0 Å². The second-order valence-electron chi connectivity index (χ2n) is 4.23. The molecule has 0 saturated carbocycles. The molecule has 0 aliphatic carbocycles. The predicted molar refractivity (Wildman–Crippen MR) is 70.2 cm³/mol. The van der Waals surface area contributed by atoms with Crippen molar-refractivity contribution in [2.45, 2.75) is 25.2 Å². The maximum atomic E-state index is 12.0. The minimum atomic E-state index is -3.61. The molecule has 0 heterocycles. The molecule has 98 valence electrons. The lowest BCUT2D eigenvalue weighted by molar-refractivity contribution is 0.528. The van der Waals surface area contributed by atoms with Crippen LogP contribution < -0.4 is 10.5 Å². The number of nitrogens with zero attached hydrogens (tertiary/aromatic N) is 1. The molecule has 0 aliphatic rings. The summed E-state index contributed by atoms with van der Waals surface area (Å²) in [6.07, 6.45) is 0.894. The first kappa shape index (κ1) is 14.5. The molecule has 18 heavy (non-hydrogen) atoms. The van der Waals surface area contributed by atoms with Crippen molar-refractivity contribution in [2.24, 2.45) is 5.92 Å². The van der Waals surface area contributed by atoms with Crippen LogP contribution in [0.5, 0.6) is 0 Å². The Morgan fingerprint density at radius 3 is 2.67 bits per heavy atom. The standard InChI is InChI=1S/C12H17N3O2S/c1-3-9(2)8-15-18(16,17)12-5-4-10(7-13)6-11(12)14/h4-6,9,15H,3,8,14H2,1-2H3. The van der Waals surface area contributed by atoms with Crippen molar-refractivity contribution in [1.29, 1.82) is 5.26 Å². The van der Waals surface area contributed by atoms with Gasteiger partial charge in [-0.25, -0.2) is 13.1 Å². The van der Waals surface area contributed by atoms with Gasteiger partial charge in [0.25, 0.3) is 0 Å². The number of sulfonamides is 1. The molecular formula is C12H17N3O2S. The van der Waals surface area contributed by atoms with E-state index in [9.17, 15) is 8.42 Å². The molecule has 1 rings (SSSR count). The molecule has 0 radical (unpaired) electrons. The maximum absolute atomic E-state index is 12.0. The van der Waals surface area contributed by atoms with Gasteiger partial charge in [-0.05, 0) is 24.1 Å². The fraction of sp³-hybridized carbons (Fsp3) is 0.417. The van der Waals surface area contributed by atoms with E-state index in [4.69, 9.17) is 11.0 Å². The summed E-state index contributed by atoms with van der Waals surface area (Å²) >= 11 is 0. The van der Waals surface area contributed by atoms with Crippen molar-refractivity contribution in [3.8, 4) is 6.07 Å². The van der Waals surface area contributed by atoms with Gasteiger partial charge in [-0.1, -0.05) is 20.3 Å². The van der Waals surface area contributed by atoms with E-state index < -0.39 is 10.0 Å². The molecule has 1 unspecified atom stereocenters. The molecule has 1 aromatic rings. The quantitative estimate of drug-likeness (QED) is 0.789. The predicted octanol–water partition coefficient (Wildman–Crippen LogP) is 1.46. The first-order chi connectivity index (χ1) is 8.40. The molecule has 6 heteroatoms. The fourth-order valence-electron chi connectivity index (χ4n) is 1.34. The molecule has 0 spiro atoms. The highest BCUT2D eigenvalue weighted by atomic mass is 32.2. The summed E-state index contributed by atoms with van der Waals surface area (Å²) in [6.45, 7) is 4.33. The smallest absolute Gasteiger partial charge is 0.242 e. The van der Waals surface area contributed by atoms with Crippen LogP contribution in [0.4, 0.5) is 5.69 Å². The van der Waals surface area contributed by atoms with Crippen LogP contribution in [0.15, 0.2) is 23.1 Å². The van der Waals surface area contributed by atoms with Crippen LogP contribution in [0.1, 0.15) is 25.8 Å². The van der Waals surface area contributed by atoms with Gasteiger partial charge in [0.05, 0.1) is 17.3 Å². The lowest BCUT2D eigenvalue weighted by Gasteiger charge is -2.12. The molecule has 3 N–H and O–H groups in total. The van der Waals surface area contributed by atoms with E-state index in [1.54, 1.807) is 0 Å². The number of nitrogens with two attached hydrogens (primary N) is 1. The molecule has 1 aromatic carbocycles. The van der Waals surface area contributed by atoms with Crippen molar-refractivity contribution in [3.05, 3.63) is 23.8 Å². The summed E-state index contributed by atoms with van der Waals surface area (Å²) in [5.41, 5.74) is 6.08. The van der Waals surface area contributed by atoms with Gasteiger partial charge in [-0.2, -0.15) is 5.26 Å². The average Bonchev–Trinajstić information content (AvgIpc) is 2.35. The van der Waals surface area contributed by atoms with E-state index in [0.717, 1.165) is 6.42 Å². The minimum Gasteiger partial charge on any atom is -0.398 e. The monoisotopic (exact) mass is 267 g/mol. The van der Waals surface area contributed by atoms with E-state index in [2.05, 4.69) is 4.72 Å². The van der Waals surface area contributed by atoms with E-state index in [0.29, 0.717) is 12.1 Å². The Labute approximate surface area is 108 Å². The number of benzene rings is 1. The van der Waals surface area contributed by atoms with Gasteiger partial charge in [0.2, 0.25) is 10.0 Å². The Hall–Kier alpha value is -1.58. The van der Waals surface area contributed by atoms with Crippen LogP contribution in [-0.4, -0.2) is 15.0 Å². The summed E-state index contributed by atoms with van der Waals surface area (Å²) in [6, 6.07) is 6.06. The van der Waals surface area contributed by atoms with Crippen molar-refractivity contribution in [1.82, 2.24) is 4.72 Å². The average molecular weight is 267 g/mol. The molecule has 5 nitrogen and oxygen atoms in total. The summed E-state index contributed by atoms with van der Waals surface area (Å²) < 4.78 is 26.5. The fourth-order valence-corrected chi connectivity index (χ4v) is 2.61. The topological polar surface area (TPSA) is 96.0 Å². The Morgan fingerprint density at radius 1 is 1.50 bits per heavy atom. The zero-order valence-corrected chi connectivity index (χ0v) is 11.3. The maximum Gasteiger partial charge on any atom is 0.242 e. The zero-order chi connectivity index (χ0) is 13.8. The number of anilines is 1. The van der Waals surface area contributed by atoms with Gasteiger partial charge in [-0.3, -0.25) is 0 Å². The Morgan fingerprint density at radius 2 is 2.17 bits per heavy atom. The van der Waals surface area contributed by atoms with Crippen molar-refractivity contribution >= 4 is 15.7 Å². The van der Waals surface area contributed by atoms with E-state index in [1.165, 1.54) is 18.2 Å². The second-order valence-corrected chi connectivity index (χ2v) is 5.97. The Bertz CT molecular complexity index is 561. The zero-order valence-electron chi connectivity index (χ0n) is 10.5. The van der Waals surface area contributed by atoms with Crippen LogP contribution in [-0.2, 0) is 10.0 Å². The first-order valence-electron chi connectivity index (χ1n) is 5.70. The molecule has 0 saturated heterocycles. The van der Waals surface area contributed by atoms with Crippen molar-refractivity contribution < 1.29 is 8.42 Å². The number of nitrogen functional groups attached to an aromatic ring is 1. The number of hydrogen-bond acceptors (Lipinski definition) is 4. The third-order valence-electron chi connectivity index (χ3n) is 2.75. The number of nitrogens with one attached hydrogen (secondary N) is 1. The van der Waals surface area contributed by atoms with Crippen LogP contribution in [0.3, 0.4) is 0 Å². The largest absolute Gasteiger partial charge is 0.398 e. The van der Waals surface area contributed by atoms with Crippen molar-refractivity contribution in [2.75, 3.05) is 12.3 Å². The summed E-state index contributed by atoms with van der Waals surface area (Å²) in [5.74, 6) is 0.263. The van der Waals surface area contributed by atoms with Gasteiger partial charge in [0.15, 0.2) is 0 Å². The molecule has 0 fully saturated rings. The normalized spacial score (nSPS) is 12.9. The Kier molecular flexibility index (Phi) is 4.70. The Balaban J connectivity index is 2.96. The molecular weight excluding hydrogens is 250 g/mol. The summed E-state index contributed by atoms with van der Waals surface area (Å²) in [4.78, 5) is 0.0183. The lowest BCUT2D eigenvalue weighted by Crippen LogP contribution is -2.28. The van der Waals surface area contributed by atoms with Gasteiger partial charge in [0, 0.05) is 6.54 Å². The molecule has 0 aliphatic heterocycles. The third kappa shape index (κ3) is 3.45. The van der Waals surface area contributed by atoms with Gasteiger partial charge in [-0.15, -0.1) is 0 Å². The lowest BCUT2D eigenvalue weighted by atomic mass is 10.1. The highest BCUT2D eigenvalue weighted by Gasteiger charge is 2.18. The minimum absolute atomic E-state index is 0.0183. The van der Waals surface area contributed by atoms with Crippen LogP contribution in [0.25, 0.3) is 0 Å². The van der Waals surface area contributed by atoms with E-state index in [1.807, 2.05) is 19.9 Å². The molecule has 0 bridgehead atoms. The molecule has 0 aromatic heterocycles. The van der Waals surface area contributed by atoms with E-state index in [-0.39, 0.29) is 16.5 Å². The molecule has 0 amide bonds. The number of nitriles is 1. The number of rotatable bonds is 5. The summed E-state index contributed by atoms with van der Waals surface area (Å²) in [7, 11) is -3.61.